The van der Waals surface area contributed by atoms with E-state index in [1.807, 2.05) is 6.92 Å². The molecule has 2 aromatic rings. The third-order valence-electron chi connectivity index (χ3n) is 4.26. The Morgan fingerprint density at radius 3 is 2.41 bits per heavy atom. The normalized spacial score (nSPS) is 10.4. The molecule has 7 nitrogen and oxygen atoms in total. The van der Waals surface area contributed by atoms with Crippen molar-refractivity contribution in [2.24, 2.45) is 5.92 Å². The Hall–Kier alpha value is -2.65. The minimum Gasteiger partial charge on any atom is -0.493 e. The molecule has 2 rings (SSSR count). The second-order valence-electron chi connectivity index (χ2n) is 7.38. The minimum absolute atomic E-state index is 0.0382. The summed E-state index contributed by atoms with van der Waals surface area (Å²) in [6, 6.07) is 11.9. The quantitative estimate of drug-likeness (QED) is 0.329. The van der Waals surface area contributed by atoms with Gasteiger partial charge in [0.1, 0.15) is 11.5 Å². The highest BCUT2D eigenvalue weighted by Gasteiger charge is 2.14. The van der Waals surface area contributed by atoms with E-state index < -0.39 is 11.8 Å². The third-order valence-corrected chi connectivity index (χ3v) is 5.08. The molecule has 3 N–H and O–H groups in total. The Bertz CT molecular complexity index is 953. The number of thiocarbonyl (C=S) groups is 1. The van der Waals surface area contributed by atoms with Crippen LogP contribution in [0.3, 0.4) is 0 Å². The Kier molecular flexibility index (Phi) is 10.4. The summed E-state index contributed by atoms with van der Waals surface area (Å²) >= 11 is 8.54. The summed E-state index contributed by atoms with van der Waals surface area (Å²) < 4.78 is 12.0. The van der Waals surface area contributed by atoms with Crippen molar-refractivity contribution in [3.63, 3.8) is 0 Å². The smallest absolute Gasteiger partial charge is 0.273 e. The summed E-state index contributed by atoms with van der Waals surface area (Å²) in [5.74, 6) is 0.838. The molecule has 0 aromatic heterocycles. The lowest BCUT2D eigenvalue weighted by Gasteiger charge is -2.14. The Balaban J connectivity index is 1.88. The average molecular weight is 522 g/mol. The molecule has 2 aromatic carbocycles. The van der Waals surface area contributed by atoms with Gasteiger partial charge in [0.15, 0.2) is 5.11 Å². The van der Waals surface area contributed by atoms with Gasteiger partial charge < -0.3 is 9.47 Å². The third kappa shape index (κ3) is 8.12. The van der Waals surface area contributed by atoms with E-state index in [4.69, 9.17) is 21.7 Å². The standard InChI is InChI=1S/C23H28BrN3O4S/c1-4-12-30-19-8-6-5-7-17(19)22(29)26-27-23(32)25-21(28)16-9-10-20(18(24)14-16)31-13-11-15(2)3/h5-10,14-15H,4,11-13H2,1-3H3,(H,26,29)(H2,25,27,28,32). The molecule has 0 aliphatic rings. The van der Waals surface area contributed by atoms with Crippen molar-refractivity contribution in [2.45, 2.75) is 33.6 Å². The molecule has 0 saturated carbocycles. The topological polar surface area (TPSA) is 88.7 Å². The van der Waals surface area contributed by atoms with E-state index in [1.54, 1.807) is 42.5 Å². The van der Waals surface area contributed by atoms with Gasteiger partial charge in [-0.1, -0.05) is 32.9 Å². The molecule has 0 aliphatic heterocycles. The van der Waals surface area contributed by atoms with E-state index in [9.17, 15) is 9.59 Å². The van der Waals surface area contributed by atoms with Crippen molar-refractivity contribution in [3.05, 3.63) is 58.1 Å². The maximum absolute atomic E-state index is 12.5. The number of benzene rings is 2. The van der Waals surface area contributed by atoms with Crippen molar-refractivity contribution < 1.29 is 19.1 Å². The summed E-state index contributed by atoms with van der Waals surface area (Å²) in [5.41, 5.74) is 5.76. The number of rotatable bonds is 9. The molecule has 0 spiro atoms. The first-order chi connectivity index (χ1) is 15.3. The van der Waals surface area contributed by atoms with Gasteiger partial charge in [0, 0.05) is 5.56 Å². The van der Waals surface area contributed by atoms with Crippen LogP contribution in [0.15, 0.2) is 46.9 Å². The predicted octanol–water partition coefficient (Wildman–Crippen LogP) is 4.61. The van der Waals surface area contributed by atoms with Crippen molar-refractivity contribution in [3.8, 4) is 11.5 Å². The van der Waals surface area contributed by atoms with Crippen LogP contribution in [-0.2, 0) is 0 Å². The first-order valence-corrected chi connectivity index (χ1v) is 11.6. The Morgan fingerprint density at radius 2 is 1.72 bits per heavy atom. The molecule has 0 unspecified atom stereocenters. The fraction of sp³-hybridized carbons (Fsp3) is 0.348. The summed E-state index contributed by atoms with van der Waals surface area (Å²) in [6.45, 7) is 7.34. The van der Waals surface area contributed by atoms with E-state index in [0.717, 1.165) is 12.8 Å². The first-order valence-electron chi connectivity index (χ1n) is 10.4. The molecule has 2 amide bonds. The summed E-state index contributed by atoms with van der Waals surface area (Å²) in [6.07, 6.45) is 1.76. The number of hydrogen-bond donors (Lipinski definition) is 3. The second-order valence-corrected chi connectivity index (χ2v) is 8.65. The number of hydrogen-bond acceptors (Lipinski definition) is 5. The van der Waals surface area contributed by atoms with E-state index in [0.29, 0.717) is 46.2 Å². The monoisotopic (exact) mass is 521 g/mol. The fourth-order valence-electron chi connectivity index (χ4n) is 2.54. The molecule has 0 bridgehead atoms. The summed E-state index contributed by atoms with van der Waals surface area (Å²) in [4.78, 5) is 24.9. The van der Waals surface area contributed by atoms with Crippen LogP contribution in [0, 0.1) is 5.92 Å². The highest BCUT2D eigenvalue weighted by atomic mass is 79.9. The van der Waals surface area contributed by atoms with Gasteiger partial charge in [-0.05, 0) is 77.2 Å². The summed E-state index contributed by atoms with van der Waals surface area (Å²) in [5, 5.41) is 2.49. The lowest BCUT2D eigenvalue weighted by molar-refractivity contribution is 0.0931. The molecule has 0 fully saturated rings. The number of nitrogens with one attached hydrogen (secondary N) is 3. The molecule has 0 radical (unpaired) electrons. The van der Waals surface area contributed by atoms with Crippen LogP contribution < -0.4 is 25.6 Å². The number of para-hydroxylation sites is 1. The highest BCUT2D eigenvalue weighted by Crippen LogP contribution is 2.26. The zero-order valence-electron chi connectivity index (χ0n) is 18.4. The number of carbonyl (C=O) groups excluding carboxylic acids is 2. The average Bonchev–Trinajstić information content (AvgIpc) is 2.77. The lowest BCUT2D eigenvalue weighted by atomic mass is 10.1. The molecule has 9 heteroatoms. The van der Waals surface area contributed by atoms with E-state index in [-0.39, 0.29) is 5.11 Å². The van der Waals surface area contributed by atoms with Gasteiger partial charge in [0.25, 0.3) is 11.8 Å². The van der Waals surface area contributed by atoms with Crippen molar-refractivity contribution in [1.82, 2.24) is 16.2 Å². The highest BCUT2D eigenvalue weighted by molar-refractivity contribution is 9.10. The van der Waals surface area contributed by atoms with Gasteiger partial charge >= 0.3 is 0 Å². The molecular weight excluding hydrogens is 494 g/mol. The van der Waals surface area contributed by atoms with E-state index >= 15 is 0 Å². The second kappa shape index (κ2) is 13.0. The number of halogens is 1. The Morgan fingerprint density at radius 1 is 1.00 bits per heavy atom. The van der Waals surface area contributed by atoms with E-state index in [1.165, 1.54) is 0 Å². The van der Waals surface area contributed by atoms with Crippen molar-refractivity contribution >= 4 is 45.1 Å². The van der Waals surface area contributed by atoms with Gasteiger partial charge in [0.2, 0.25) is 0 Å². The number of carbonyl (C=O) groups is 2. The molecule has 32 heavy (non-hydrogen) atoms. The van der Waals surface area contributed by atoms with Crippen LogP contribution >= 0.6 is 28.1 Å². The molecule has 0 heterocycles. The fourth-order valence-corrected chi connectivity index (χ4v) is 3.18. The first kappa shape index (κ1) is 25.6. The SMILES string of the molecule is CCCOc1ccccc1C(=O)NNC(=S)NC(=O)c1ccc(OCCC(C)C)c(Br)c1. The molecule has 0 saturated heterocycles. The molecule has 172 valence electrons. The maximum Gasteiger partial charge on any atom is 0.273 e. The van der Waals surface area contributed by atoms with Crippen LogP contribution in [0.1, 0.15) is 54.3 Å². The zero-order valence-corrected chi connectivity index (χ0v) is 20.8. The van der Waals surface area contributed by atoms with Gasteiger partial charge in [-0.2, -0.15) is 0 Å². The van der Waals surface area contributed by atoms with Gasteiger partial charge in [-0.15, -0.1) is 0 Å². The van der Waals surface area contributed by atoms with Crippen LogP contribution in [0.2, 0.25) is 0 Å². The van der Waals surface area contributed by atoms with Crippen LogP contribution in [0.5, 0.6) is 11.5 Å². The van der Waals surface area contributed by atoms with Crippen LogP contribution in [0.4, 0.5) is 0 Å². The maximum atomic E-state index is 12.5. The largest absolute Gasteiger partial charge is 0.493 e. The molecule has 0 aliphatic carbocycles. The van der Waals surface area contributed by atoms with Crippen molar-refractivity contribution in [2.75, 3.05) is 13.2 Å². The Labute approximate surface area is 202 Å². The molecule has 0 atom stereocenters. The number of ether oxygens (including phenoxy) is 2. The minimum atomic E-state index is -0.432. The van der Waals surface area contributed by atoms with Gasteiger partial charge in [0.05, 0.1) is 23.2 Å². The summed E-state index contributed by atoms with van der Waals surface area (Å²) in [7, 11) is 0. The zero-order chi connectivity index (χ0) is 23.5. The van der Waals surface area contributed by atoms with Gasteiger partial charge in [-0.25, -0.2) is 0 Å². The number of hydrazine groups is 1. The van der Waals surface area contributed by atoms with Crippen LogP contribution in [0.25, 0.3) is 0 Å². The lowest BCUT2D eigenvalue weighted by Crippen LogP contribution is -2.48. The van der Waals surface area contributed by atoms with Crippen LogP contribution in [-0.4, -0.2) is 30.1 Å². The predicted molar refractivity (Wildman–Crippen MR) is 132 cm³/mol. The van der Waals surface area contributed by atoms with Crippen molar-refractivity contribution in [1.29, 1.82) is 0 Å². The van der Waals surface area contributed by atoms with Gasteiger partial charge in [-0.3, -0.25) is 25.8 Å². The number of amides is 2. The molecular formula is C23H28BrN3O4S. The van der Waals surface area contributed by atoms with E-state index in [2.05, 4.69) is 45.9 Å².